The molecule has 0 radical (unpaired) electrons. The quantitative estimate of drug-likeness (QED) is 0.901. The lowest BCUT2D eigenvalue weighted by molar-refractivity contribution is 0.0835. The summed E-state index contributed by atoms with van der Waals surface area (Å²) in [5, 5.41) is 6.36. The lowest BCUT2D eigenvalue weighted by Crippen LogP contribution is -2.24. The lowest BCUT2D eigenvalue weighted by Gasteiger charge is -2.02. The topological polar surface area (TPSA) is 107 Å². The largest absolute Gasteiger partial charge is 0.456 e. The van der Waals surface area contributed by atoms with Gasteiger partial charge in [-0.2, -0.15) is 4.98 Å². The fourth-order valence-electron chi connectivity index (χ4n) is 2.20. The molecule has 22 heavy (non-hydrogen) atoms. The molecule has 1 aliphatic rings. The van der Waals surface area contributed by atoms with Crippen LogP contribution >= 0.6 is 0 Å². The maximum Gasteiger partial charge on any atom is 0.287 e. The van der Waals surface area contributed by atoms with Crippen molar-refractivity contribution in [2.75, 3.05) is 6.61 Å². The van der Waals surface area contributed by atoms with Crippen LogP contribution in [0.25, 0.3) is 0 Å². The Morgan fingerprint density at radius 1 is 1.45 bits per heavy atom. The molecule has 0 bridgehead atoms. The van der Waals surface area contributed by atoms with Gasteiger partial charge in [0.05, 0.1) is 6.54 Å². The molecule has 0 aromatic carbocycles. The summed E-state index contributed by atoms with van der Waals surface area (Å²) in [5.41, 5.74) is -0.283. The predicted octanol–water partition coefficient (Wildman–Crippen LogP) is 1.11. The molecule has 2 aromatic rings. The molecular weight excluding hydrogens is 290 g/mol. The van der Waals surface area contributed by atoms with Crippen LogP contribution in [-0.2, 0) is 11.3 Å². The van der Waals surface area contributed by atoms with Crippen LogP contribution in [0.2, 0.25) is 0 Å². The van der Waals surface area contributed by atoms with Crippen LogP contribution in [0.5, 0.6) is 0 Å². The van der Waals surface area contributed by atoms with Gasteiger partial charge in [0.1, 0.15) is 11.9 Å². The van der Waals surface area contributed by atoms with Gasteiger partial charge in [0, 0.05) is 18.7 Å². The molecule has 0 aliphatic carbocycles. The molecule has 3 heterocycles. The second-order valence-electron chi connectivity index (χ2n) is 5.00. The minimum Gasteiger partial charge on any atom is -0.456 e. The summed E-state index contributed by atoms with van der Waals surface area (Å²) in [7, 11) is 0. The van der Waals surface area contributed by atoms with Crippen molar-refractivity contribution in [2.45, 2.75) is 32.4 Å². The van der Waals surface area contributed by atoms with Crippen molar-refractivity contribution in [3.63, 3.8) is 0 Å². The van der Waals surface area contributed by atoms with Crippen LogP contribution in [0.15, 0.2) is 25.9 Å². The number of rotatable bonds is 4. The van der Waals surface area contributed by atoms with E-state index in [1.54, 1.807) is 6.92 Å². The van der Waals surface area contributed by atoms with E-state index >= 15 is 0 Å². The number of hydrogen-bond acceptors (Lipinski definition) is 7. The number of carbonyl (C=O) groups excluding carboxylic acids is 1. The summed E-state index contributed by atoms with van der Waals surface area (Å²) in [4.78, 5) is 27.5. The molecule has 1 fully saturated rings. The van der Waals surface area contributed by atoms with Gasteiger partial charge >= 0.3 is 0 Å². The molecule has 116 valence electrons. The number of ether oxygens (including phenoxy) is 1. The molecule has 1 saturated heterocycles. The Balaban J connectivity index is 1.62. The standard InChI is InChI=1S/C14H15N3O5/c1-8-5-9(18)6-11(21-8)13(19)15-7-12-16-14(22-17-12)10-3-2-4-20-10/h5-6,10H,2-4,7H2,1H3,(H,15,19). The molecule has 1 amide bonds. The van der Waals surface area contributed by atoms with E-state index in [4.69, 9.17) is 13.7 Å². The molecule has 1 unspecified atom stereocenters. The number of amides is 1. The molecule has 8 heteroatoms. The number of nitrogens with one attached hydrogen (secondary N) is 1. The van der Waals surface area contributed by atoms with Crippen LogP contribution in [0.4, 0.5) is 0 Å². The molecule has 1 N–H and O–H groups in total. The summed E-state index contributed by atoms with van der Waals surface area (Å²) in [5.74, 6) is 0.577. The molecular formula is C14H15N3O5. The van der Waals surface area contributed by atoms with E-state index in [0.29, 0.717) is 24.1 Å². The van der Waals surface area contributed by atoms with Gasteiger partial charge in [-0.1, -0.05) is 5.16 Å². The van der Waals surface area contributed by atoms with E-state index in [9.17, 15) is 9.59 Å². The normalized spacial score (nSPS) is 17.6. The summed E-state index contributed by atoms with van der Waals surface area (Å²) >= 11 is 0. The summed E-state index contributed by atoms with van der Waals surface area (Å²) in [6.45, 7) is 2.36. The Hall–Kier alpha value is -2.48. The number of aryl methyl sites for hydroxylation is 1. The van der Waals surface area contributed by atoms with E-state index in [1.807, 2.05) is 0 Å². The van der Waals surface area contributed by atoms with Gasteiger partial charge in [-0.3, -0.25) is 9.59 Å². The van der Waals surface area contributed by atoms with Crippen LogP contribution in [-0.4, -0.2) is 22.7 Å². The highest BCUT2D eigenvalue weighted by atomic mass is 16.5. The zero-order chi connectivity index (χ0) is 15.5. The fraction of sp³-hybridized carbons (Fsp3) is 0.429. The summed E-state index contributed by atoms with van der Waals surface area (Å²) < 4.78 is 15.8. The maximum atomic E-state index is 11.9. The van der Waals surface area contributed by atoms with E-state index in [0.717, 1.165) is 18.9 Å². The van der Waals surface area contributed by atoms with Crippen molar-refractivity contribution < 1.29 is 18.5 Å². The number of carbonyl (C=O) groups is 1. The van der Waals surface area contributed by atoms with Crippen LogP contribution in [0.3, 0.4) is 0 Å². The van der Waals surface area contributed by atoms with Crippen LogP contribution < -0.4 is 10.7 Å². The third kappa shape index (κ3) is 3.22. The highest BCUT2D eigenvalue weighted by Gasteiger charge is 2.24. The zero-order valence-corrected chi connectivity index (χ0v) is 12.0. The number of nitrogens with zero attached hydrogens (tertiary/aromatic N) is 2. The first kappa shape index (κ1) is 14.5. The van der Waals surface area contributed by atoms with Crippen molar-refractivity contribution in [2.24, 2.45) is 0 Å². The van der Waals surface area contributed by atoms with E-state index in [1.165, 1.54) is 6.07 Å². The Morgan fingerprint density at radius 3 is 3.05 bits per heavy atom. The minimum atomic E-state index is -0.510. The third-order valence-corrected chi connectivity index (χ3v) is 3.21. The molecule has 1 aliphatic heterocycles. The van der Waals surface area contributed by atoms with Crippen molar-refractivity contribution in [1.29, 1.82) is 0 Å². The molecule has 2 aromatic heterocycles. The average Bonchev–Trinajstić information content (AvgIpc) is 3.14. The molecule has 1 atom stereocenters. The lowest BCUT2D eigenvalue weighted by atomic mass is 10.2. The minimum absolute atomic E-state index is 0.0483. The van der Waals surface area contributed by atoms with Gasteiger partial charge in [0.15, 0.2) is 17.0 Å². The Labute approximate surface area is 125 Å². The van der Waals surface area contributed by atoms with Crippen molar-refractivity contribution in [3.05, 3.63) is 45.6 Å². The van der Waals surface area contributed by atoms with E-state index in [-0.39, 0.29) is 23.8 Å². The third-order valence-electron chi connectivity index (χ3n) is 3.21. The molecule has 0 saturated carbocycles. The average molecular weight is 305 g/mol. The second kappa shape index (κ2) is 6.10. The first-order valence-electron chi connectivity index (χ1n) is 6.96. The van der Waals surface area contributed by atoms with E-state index in [2.05, 4.69) is 15.5 Å². The molecule has 0 spiro atoms. The van der Waals surface area contributed by atoms with Crippen molar-refractivity contribution >= 4 is 5.91 Å². The van der Waals surface area contributed by atoms with Crippen LogP contribution in [0, 0.1) is 6.92 Å². The number of hydrogen-bond donors (Lipinski definition) is 1. The highest BCUT2D eigenvalue weighted by molar-refractivity contribution is 5.91. The smallest absolute Gasteiger partial charge is 0.287 e. The number of aromatic nitrogens is 2. The van der Waals surface area contributed by atoms with Gasteiger partial charge in [0.25, 0.3) is 11.8 Å². The zero-order valence-electron chi connectivity index (χ0n) is 12.0. The van der Waals surface area contributed by atoms with Crippen molar-refractivity contribution in [1.82, 2.24) is 15.5 Å². The summed E-state index contributed by atoms with van der Waals surface area (Å²) in [6, 6.07) is 2.44. The SMILES string of the molecule is Cc1cc(=O)cc(C(=O)NCc2noc(C3CCCO3)n2)o1. The summed E-state index contributed by atoms with van der Waals surface area (Å²) in [6.07, 6.45) is 1.65. The fourth-order valence-corrected chi connectivity index (χ4v) is 2.20. The highest BCUT2D eigenvalue weighted by Crippen LogP contribution is 2.26. The Kier molecular flexibility index (Phi) is 4.01. The molecule has 3 rings (SSSR count). The first-order valence-corrected chi connectivity index (χ1v) is 6.96. The van der Waals surface area contributed by atoms with Crippen LogP contribution in [0.1, 0.15) is 47.0 Å². The Morgan fingerprint density at radius 2 is 2.32 bits per heavy atom. The van der Waals surface area contributed by atoms with E-state index < -0.39 is 5.91 Å². The van der Waals surface area contributed by atoms with Gasteiger partial charge < -0.3 is 19.0 Å². The van der Waals surface area contributed by atoms with Gasteiger partial charge in [-0.15, -0.1) is 0 Å². The molecule has 8 nitrogen and oxygen atoms in total. The monoisotopic (exact) mass is 305 g/mol. The van der Waals surface area contributed by atoms with Gasteiger partial charge in [0.2, 0.25) is 0 Å². The second-order valence-corrected chi connectivity index (χ2v) is 5.00. The maximum absolute atomic E-state index is 11.9. The Bertz CT molecular complexity index is 730. The van der Waals surface area contributed by atoms with Gasteiger partial charge in [-0.25, -0.2) is 0 Å². The van der Waals surface area contributed by atoms with Crippen molar-refractivity contribution in [3.8, 4) is 0 Å². The first-order chi connectivity index (χ1) is 10.6. The van der Waals surface area contributed by atoms with Gasteiger partial charge in [-0.05, 0) is 19.8 Å². The predicted molar refractivity (Wildman–Crippen MR) is 73.1 cm³/mol.